The quantitative estimate of drug-likeness (QED) is 0.746. The minimum Gasteiger partial charge on any atom is -0.489 e. The summed E-state index contributed by atoms with van der Waals surface area (Å²) in [6, 6.07) is 16.1. The van der Waals surface area contributed by atoms with Crippen LogP contribution in [0.15, 0.2) is 54.6 Å². The molecule has 1 aliphatic rings. The number of nitrogens with one attached hydrogen (secondary N) is 1. The molecule has 0 aromatic heterocycles. The number of carboxylic acid groups (broad SMARTS) is 1. The highest BCUT2D eigenvalue weighted by Crippen LogP contribution is 2.16. The van der Waals surface area contributed by atoms with Gasteiger partial charge in [0.1, 0.15) is 18.4 Å². The number of hydrogen-bond donors (Lipinski definition) is 2. The molecule has 1 saturated heterocycles. The first-order valence-electron chi connectivity index (χ1n) is 8.98. The van der Waals surface area contributed by atoms with Crippen molar-refractivity contribution >= 4 is 11.9 Å². The Balaban J connectivity index is 1.54. The Morgan fingerprint density at radius 1 is 1.11 bits per heavy atom. The van der Waals surface area contributed by atoms with E-state index >= 15 is 0 Å². The van der Waals surface area contributed by atoms with Crippen LogP contribution >= 0.6 is 0 Å². The van der Waals surface area contributed by atoms with Gasteiger partial charge in [0.05, 0.1) is 12.5 Å². The molecule has 3 rings (SSSR count). The van der Waals surface area contributed by atoms with Crippen molar-refractivity contribution in [3.63, 3.8) is 0 Å². The van der Waals surface area contributed by atoms with E-state index in [4.69, 9.17) is 9.47 Å². The fraction of sp³-hybridized carbons (Fsp3) is 0.333. The van der Waals surface area contributed by atoms with Gasteiger partial charge in [-0.25, -0.2) is 4.79 Å². The van der Waals surface area contributed by atoms with Gasteiger partial charge in [0, 0.05) is 13.0 Å². The molecule has 1 amide bonds. The van der Waals surface area contributed by atoms with Gasteiger partial charge in [-0.3, -0.25) is 4.79 Å². The van der Waals surface area contributed by atoms with Crippen LogP contribution in [0.3, 0.4) is 0 Å². The Bertz CT molecular complexity index is 754. The Kier molecular flexibility index (Phi) is 6.44. The van der Waals surface area contributed by atoms with E-state index in [2.05, 4.69) is 5.32 Å². The lowest BCUT2D eigenvalue weighted by Crippen LogP contribution is -2.45. The number of amides is 1. The summed E-state index contributed by atoms with van der Waals surface area (Å²) >= 11 is 0. The molecule has 0 radical (unpaired) electrons. The number of carbonyl (C=O) groups excluding carboxylic acids is 1. The van der Waals surface area contributed by atoms with Crippen molar-refractivity contribution in [3.05, 3.63) is 65.7 Å². The molecule has 0 aliphatic carbocycles. The lowest BCUT2D eigenvalue weighted by Gasteiger charge is -2.17. The summed E-state index contributed by atoms with van der Waals surface area (Å²) in [6.45, 7) is 1.36. The fourth-order valence-electron chi connectivity index (χ4n) is 2.93. The molecule has 27 heavy (non-hydrogen) atoms. The number of rotatable bonds is 8. The molecule has 0 unspecified atom stereocenters. The highest BCUT2D eigenvalue weighted by molar-refractivity contribution is 5.85. The fourth-order valence-corrected chi connectivity index (χ4v) is 2.93. The minimum atomic E-state index is -1.05. The van der Waals surface area contributed by atoms with E-state index in [1.165, 1.54) is 0 Å². The first-order valence-corrected chi connectivity index (χ1v) is 8.98. The van der Waals surface area contributed by atoms with E-state index in [0.717, 1.165) is 11.1 Å². The molecule has 2 atom stereocenters. The molecule has 2 aromatic rings. The van der Waals surface area contributed by atoms with Gasteiger partial charge in [0.25, 0.3) is 0 Å². The maximum atomic E-state index is 12.1. The maximum Gasteiger partial charge on any atom is 0.326 e. The van der Waals surface area contributed by atoms with Gasteiger partial charge in [-0.15, -0.1) is 0 Å². The number of hydrogen-bond acceptors (Lipinski definition) is 4. The van der Waals surface area contributed by atoms with Crippen molar-refractivity contribution in [1.29, 1.82) is 0 Å². The lowest BCUT2D eigenvalue weighted by molar-refractivity contribution is -0.142. The predicted molar refractivity (Wildman–Crippen MR) is 99.4 cm³/mol. The van der Waals surface area contributed by atoms with Crippen molar-refractivity contribution in [2.45, 2.75) is 25.5 Å². The third-order valence-corrected chi connectivity index (χ3v) is 4.53. The first-order chi connectivity index (χ1) is 13.1. The molecule has 1 heterocycles. The van der Waals surface area contributed by atoms with Crippen molar-refractivity contribution in [3.8, 4) is 5.75 Å². The van der Waals surface area contributed by atoms with Gasteiger partial charge in [0.2, 0.25) is 5.91 Å². The standard InChI is InChI=1S/C21H23NO5/c23-20(17-10-11-26-14-17)22-19(21(24)25)12-15-6-8-18(9-7-15)27-13-16-4-2-1-3-5-16/h1-9,17,19H,10-14H2,(H,22,23)(H,24,25)/t17-,19-/m1/s1. The van der Waals surface area contributed by atoms with Crippen LogP contribution < -0.4 is 10.1 Å². The number of carboxylic acids is 1. The van der Waals surface area contributed by atoms with E-state index < -0.39 is 12.0 Å². The molecule has 142 valence electrons. The monoisotopic (exact) mass is 369 g/mol. The predicted octanol–water partition coefficient (Wildman–Crippen LogP) is 2.41. The molecule has 6 heteroatoms. The number of benzene rings is 2. The normalized spacial score (nSPS) is 17.3. The van der Waals surface area contributed by atoms with E-state index in [1.807, 2.05) is 54.6 Å². The van der Waals surface area contributed by atoms with Crippen LogP contribution in [0, 0.1) is 5.92 Å². The average Bonchev–Trinajstić information content (AvgIpc) is 3.22. The molecule has 2 aromatic carbocycles. The first kappa shape index (κ1) is 18.9. The molecule has 6 nitrogen and oxygen atoms in total. The summed E-state index contributed by atoms with van der Waals surface area (Å²) < 4.78 is 10.9. The highest BCUT2D eigenvalue weighted by atomic mass is 16.5. The second-order valence-electron chi connectivity index (χ2n) is 6.58. The van der Waals surface area contributed by atoms with Crippen LogP contribution in [0.5, 0.6) is 5.75 Å². The Morgan fingerprint density at radius 3 is 2.48 bits per heavy atom. The molecule has 0 spiro atoms. The van der Waals surface area contributed by atoms with E-state index in [0.29, 0.717) is 32.0 Å². The zero-order valence-electron chi connectivity index (χ0n) is 15.0. The average molecular weight is 369 g/mol. The third-order valence-electron chi connectivity index (χ3n) is 4.53. The Labute approximate surface area is 158 Å². The number of aliphatic carboxylic acids is 1. The molecular weight excluding hydrogens is 346 g/mol. The number of carbonyl (C=O) groups is 2. The highest BCUT2D eigenvalue weighted by Gasteiger charge is 2.28. The van der Waals surface area contributed by atoms with Crippen LogP contribution in [0.4, 0.5) is 0 Å². The summed E-state index contributed by atoms with van der Waals surface area (Å²) in [4.78, 5) is 23.7. The van der Waals surface area contributed by atoms with Crippen LogP contribution in [-0.4, -0.2) is 36.2 Å². The van der Waals surface area contributed by atoms with Gasteiger partial charge in [-0.05, 0) is 29.7 Å². The summed E-state index contributed by atoms with van der Waals surface area (Å²) in [5, 5.41) is 12.0. The zero-order valence-corrected chi connectivity index (χ0v) is 15.0. The Morgan fingerprint density at radius 2 is 1.85 bits per heavy atom. The van der Waals surface area contributed by atoms with Gasteiger partial charge in [0.15, 0.2) is 0 Å². The molecule has 0 bridgehead atoms. The van der Waals surface area contributed by atoms with E-state index in [1.54, 1.807) is 0 Å². The number of ether oxygens (including phenoxy) is 2. The van der Waals surface area contributed by atoms with Gasteiger partial charge >= 0.3 is 5.97 Å². The van der Waals surface area contributed by atoms with Gasteiger partial charge in [-0.1, -0.05) is 42.5 Å². The molecule has 0 saturated carbocycles. The van der Waals surface area contributed by atoms with Crippen LogP contribution in [0.1, 0.15) is 17.5 Å². The van der Waals surface area contributed by atoms with Crippen molar-refractivity contribution in [2.75, 3.05) is 13.2 Å². The zero-order chi connectivity index (χ0) is 19.1. The van der Waals surface area contributed by atoms with Crippen LogP contribution in [-0.2, 0) is 27.4 Å². The maximum absolute atomic E-state index is 12.1. The lowest BCUT2D eigenvalue weighted by atomic mass is 10.0. The van der Waals surface area contributed by atoms with Crippen molar-refractivity contribution in [1.82, 2.24) is 5.32 Å². The second kappa shape index (κ2) is 9.19. The molecule has 2 N–H and O–H groups in total. The largest absolute Gasteiger partial charge is 0.489 e. The van der Waals surface area contributed by atoms with Crippen molar-refractivity contribution < 1.29 is 24.2 Å². The minimum absolute atomic E-state index is 0.216. The second-order valence-corrected chi connectivity index (χ2v) is 6.58. The third kappa shape index (κ3) is 5.56. The van der Waals surface area contributed by atoms with E-state index in [9.17, 15) is 14.7 Å². The smallest absolute Gasteiger partial charge is 0.326 e. The molecule has 1 aliphatic heterocycles. The van der Waals surface area contributed by atoms with Gasteiger partial charge < -0.3 is 19.9 Å². The van der Waals surface area contributed by atoms with E-state index in [-0.39, 0.29) is 18.2 Å². The van der Waals surface area contributed by atoms with Crippen molar-refractivity contribution in [2.24, 2.45) is 5.92 Å². The Hall–Kier alpha value is -2.86. The molecule has 1 fully saturated rings. The summed E-state index contributed by atoms with van der Waals surface area (Å²) in [5.41, 5.74) is 1.89. The van der Waals surface area contributed by atoms with Gasteiger partial charge in [-0.2, -0.15) is 0 Å². The SMILES string of the molecule is O=C(N[C@H](Cc1ccc(OCc2ccccc2)cc1)C(=O)O)[C@@H]1CCOC1. The van der Waals surface area contributed by atoms with Crippen LogP contribution in [0.2, 0.25) is 0 Å². The van der Waals surface area contributed by atoms with Crippen LogP contribution in [0.25, 0.3) is 0 Å². The summed E-state index contributed by atoms with van der Waals surface area (Å²) in [5.74, 6) is -0.864. The summed E-state index contributed by atoms with van der Waals surface area (Å²) in [6.07, 6.45) is 0.846. The topological polar surface area (TPSA) is 84.9 Å². The molecular formula is C21H23NO5. The summed E-state index contributed by atoms with van der Waals surface area (Å²) in [7, 11) is 0.